The molecule has 8 heteroatoms. The SMILES string of the molecule is CCCc1ccc(OCC(=O)N2CCCN(C(=O)c3ccccc3C(F)(F)F)CC2)cc1. The van der Waals surface area contributed by atoms with E-state index in [1.54, 1.807) is 4.90 Å². The van der Waals surface area contributed by atoms with Crippen LogP contribution in [0.3, 0.4) is 0 Å². The minimum absolute atomic E-state index is 0.127. The van der Waals surface area contributed by atoms with Crippen molar-refractivity contribution in [2.45, 2.75) is 32.4 Å². The molecule has 0 spiro atoms. The molecule has 1 saturated heterocycles. The third-order valence-electron chi connectivity index (χ3n) is 5.42. The predicted molar refractivity (Wildman–Crippen MR) is 114 cm³/mol. The number of alkyl halides is 3. The lowest BCUT2D eigenvalue weighted by Gasteiger charge is -2.23. The van der Waals surface area contributed by atoms with Crippen LogP contribution in [0.4, 0.5) is 13.2 Å². The van der Waals surface area contributed by atoms with Crippen LogP contribution in [0.5, 0.6) is 5.75 Å². The van der Waals surface area contributed by atoms with Crippen LogP contribution in [0.15, 0.2) is 48.5 Å². The van der Waals surface area contributed by atoms with Crippen LogP contribution < -0.4 is 4.74 Å². The minimum atomic E-state index is -4.60. The van der Waals surface area contributed by atoms with Crippen molar-refractivity contribution in [2.75, 3.05) is 32.8 Å². The Bertz CT molecular complexity index is 929. The van der Waals surface area contributed by atoms with Gasteiger partial charge in [-0.25, -0.2) is 0 Å². The number of benzene rings is 2. The van der Waals surface area contributed by atoms with Crippen molar-refractivity contribution in [3.8, 4) is 5.75 Å². The zero-order chi connectivity index (χ0) is 23.1. The second-order valence-corrected chi connectivity index (χ2v) is 7.75. The van der Waals surface area contributed by atoms with Crippen molar-refractivity contribution < 1.29 is 27.5 Å². The number of amides is 2. The van der Waals surface area contributed by atoms with E-state index in [0.29, 0.717) is 18.7 Å². The van der Waals surface area contributed by atoms with E-state index in [1.807, 2.05) is 24.3 Å². The fourth-order valence-electron chi connectivity index (χ4n) is 3.73. The van der Waals surface area contributed by atoms with E-state index in [9.17, 15) is 22.8 Å². The van der Waals surface area contributed by atoms with Gasteiger partial charge in [0.05, 0.1) is 11.1 Å². The van der Waals surface area contributed by atoms with Crippen molar-refractivity contribution >= 4 is 11.8 Å². The van der Waals surface area contributed by atoms with Gasteiger partial charge in [0.1, 0.15) is 5.75 Å². The van der Waals surface area contributed by atoms with Gasteiger partial charge in [-0.05, 0) is 42.7 Å². The second kappa shape index (κ2) is 10.5. The molecule has 1 heterocycles. The van der Waals surface area contributed by atoms with Crippen molar-refractivity contribution in [3.63, 3.8) is 0 Å². The van der Waals surface area contributed by atoms with E-state index in [1.165, 1.54) is 28.7 Å². The van der Waals surface area contributed by atoms with E-state index in [0.717, 1.165) is 18.9 Å². The lowest BCUT2D eigenvalue weighted by Crippen LogP contribution is -2.39. The van der Waals surface area contributed by atoms with Crippen LogP contribution in [-0.4, -0.2) is 54.4 Å². The molecule has 0 unspecified atom stereocenters. The summed E-state index contributed by atoms with van der Waals surface area (Å²) in [5.74, 6) is -0.281. The molecule has 0 aliphatic carbocycles. The van der Waals surface area contributed by atoms with Gasteiger partial charge in [-0.3, -0.25) is 9.59 Å². The molecule has 1 fully saturated rings. The summed E-state index contributed by atoms with van der Waals surface area (Å²) in [5, 5.41) is 0. The van der Waals surface area contributed by atoms with Gasteiger partial charge < -0.3 is 14.5 Å². The van der Waals surface area contributed by atoms with Gasteiger partial charge in [0.2, 0.25) is 0 Å². The van der Waals surface area contributed by atoms with Crippen LogP contribution in [-0.2, 0) is 17.4 Å². The van der Waals surface area contributed by atoms with E-state index in [-0.39, 0.29) is 37.7 Å². The molecule has 3 rings (SSSR count). The Kier molecular flexibility index (Phi) is 7.77. The minimum Gasteiger partial charge on any atom is -0.484 e. The molecule has 172 valence electrons. The van der Waals surface area contributed by atoms with Crippen LogP contribution in [0.25, 0.3) is 0 Å². The first-order chi connectivity index (χ1) is 15.3. The van der Waals surface area contributed by atoms with Crippen molar-refractivity contribution in [1.82, 2.24) is 9.80 Å². The first kappa shape index (κ1) is 23.6. The third-order valence-corrected chi connectivity index (χ3v) is 5.42. The molecule has 1 aliphatic rings. The summed E-state index contributed by atoms with van der Waals surface area (Å²) >= 11 is 0. The molecule has 5 nitrogen and oxygen atoms in total. The number of carbonyl (C=O) groups excluding carboxylic acids is 2. The molecule has 1 aliphatic heterocycles. The van der Waals surface area contributed by atoms with Gasteiger partial charge in [0.25, 0.3) is 11.8 Å². The molecular formula is C24H27F3N2O3. The van der Waals surface area contributed by atoms with Crippen molar-refractivity contribution in [1.29, 1.82) is 0 Å². The van der Waals surface area contributed by atoms with Crippen LogP contribution in [0, 0.1) is 0 Å². The molecule has 0 aromatic heterocycles. The highest BCUT2D eigenvalue weighted by Gasteiger charge is 2.36. The van der Waals surface area contributed by atoms with Crippen LogP contribution in [0.2, 0.25) is 0 Å². The van der Waals surface area contributed by atoms with E-state index in [4.69, 9.17) is 4.74 Å². The number of aryl methyl sites for hydroxylation is 1. The van der Waals surface area contributed by atoms with Crippen molar-refractivity contribution in [3.05, 3.63) is 65.2 Å². The van der Waals surface area contributed by atoms with Gasteiger partial charge in [-0.1, -0.05) is 37.6 Å². The number of nitrogens with zero attached hydrogens (tertiary/aromatic N) is 2. The Hall–Kier alpha value is -3.03. The first-order valence-electron chi connectivity index (χ1n) is 10.7. The van der Waals surface area contributed by atoms with Gasteiger partial charge in [-0.15, -0.1) is 0 Å². The smallest absolute Gasteiger partial charge is 0.417 e. The van der Waals surface area contributed by atoms with E-state index < -0.39 is 17.6 Å². The molecule has 2 aromatic carbocycles. The molecule has 2 amide bonds. The number of carbonyl (C=O) groups is 2. The summed E-state index contributed by atoms with van der Waals surface area (Å²) in [6.07, 6.45) is -2.09. The largest absolute Gasteiger partial charge is 0.484 e. The third kappa shape index (κ3) is 6.02. The topological polar surface area (TPSA) is 49.9 Å². The monoisotopic (exact) mass is 448 g/mol. The second-order valence-electron chi connectivity index (χ2n) is 7.75. The number of ether oxygens (including phenoxy) is 1. The van der Waals surface area contributed by atoms with E-state index in [2.05, 4.69) is 6.92 Å². The summed E-state index contributed by atoms with van der Waals surface area (Å²) in [7, 11) is 0. The fourth-order valence-corrected chi connectivity index (χ4v) is 3.73. The van der Waals surface area contributed by atoms with Gasteiger partial charge >= 0.3 is 6.18 Å². The number of hydrogen-bond acceptors (Lipinski definition) is 3. The van der Waals surface area contributed by atoms with Crippen molar-refractivity contribution in [2.24, 2.45) is 0 Å². The van der Waals surface area contributed by atoms with E-state index >= 15 is 0 Å². The zero-order valence-electron chi connectivity index (χ0n) is 18.0. The maximum atomic E-state index is 13.3. The molecular weight excluding hydrogens is 421 g/mol. The standard InChI is InChI=1S/C24H27F3N2O3/c1-2-6-18-9-11-19(12-10-18)32-17-22(30)28-13-5-14-29(16-15-28)23(31)20-7-3-4-8-21(20)24(25,26)27/h3-4,7-12H,2,5-6,13-17H2,1H3. The maximum absolute atomic E-state index is 13.3. The lowest BCUT2D eigenvalue weighted by molar-refractivity contribution is -0.138. The Morgan fingerprint density at radius 1 is 0.938 bits per heavy atom. The highest BCUT2D eigenvalue weighted by atomic mass is 19.4. The number of rotatable bonds is 6. The Labute approximate surface area is 185 Å². The maximum Gasteiger partial charge on any atom is 0.417 e. The molecule has 0 N–H and O–H groups in total. The quantitative estimate of drug-likeness (QED) is 0.658. The highest BCUT2D eigenvalue weighted by molar-refractivity contribution is 5.96. The summed E-state index contributed by atoms with van der Waals surface area (Å²) in [6.45, 7) is 3.10. The number of halogens is 3. The molecule has 2 aromatic rings. The molecule has 32 heavy (non-hydrogen) atoms. The lowest BCUT2D eigenvalue weighted by atomic mass is 10.1. The van der Waals surface area contributed by atoms with Crippen LogP contribution >= 0.6 is 0 Å². The molecule has 0 radical (unpaired) electrons. The predicted octanol–water partition coefficient (Wildman–Crippen LogP) is 4.41. The Morgan fingerprint density at radius 3 is 2.28 bits per heavy atom. The summed E-state index contributed by atoms with van der Waals surface area (Å²) in [4.78, 5) is 28.3. The summed E-state index contributed by atoms with van der Waals surface area (Å²) < 4.78 is 45.4. The average Bonchev–Trinajstić information content (AvgIpc) is 3.04. The van der Waals surface area contributed by atoms with Gasteiger partial charge in [0, 0.05) is 26.2 Å². The van der Waals surface area contributed by atoms with Gasteiger partial charge in [-0.2, -0.15) is 13.2 Å². The van der Waals surface area contributed by atoms with Gasteiger partial charge in [0.15, 0.2) is 6.61 Å². The summed E-state index contributed by atoms with van der Waals surface area (Å²) in [5.41, 5.74) is -0.106. The molecule has 0 bridgehead atoms. The van der Waals surface area contributed by atoms with Crippen LogP contribution in [0.1, 0.15) is 41.3 Å². The normalized spacial score (nSPS) is 14.8. The first-order valence-corrected chi connectivity index (χ1v) is 10.7. The Morgan fingerprint density at radius 2 is 1.59 bits per heavy atom. The average molecular weight is 448 g/mol. The molecule has 0 atom stereocenters. The summed E-state index contributed by atoms with van der Waals surface area (Å²) in [6, 6.07) is 12.4. The highest BCUT2D eigenvalue weighted by Crippen LogP contribution is 2.32. The zero-order valence-corrected chi connectivity index (χ0v) is 18.0. The molecule has 0 saturated carbocycles. The Balaban J connectivity index is 1.57. The fraction of sp³-hybridized carbons (Fsp3) is 0.417. The number of hydrogen-bond donors (Lipinski definition) is 0.